The predicted molar refractivity (Wildman–Crippen MR) is 89.6 cm³/mol. The number of aryl methyl sites for hydroxylation is 1. The van der Waals surface area contributed by atoms with Crippen molar-refractivity contribution in [1.82, 2.24) is 15.4 Å². The Morgan fingerprint density at radius 1 is 1.32 bits per heavy atom. The fourth-order valence-electron chi connectivity index (χ4n) is 2.89. The fourth-order valence-corrected chi connectivity index (χ4v) is 2.89. The fraction of sp³-hybridized carbons (Fsp3) is 0.471. The van der Waals surface area contributed by atoms with E-state index in [0.29, 0.717) is 18.2 Å². The molecule has 2 aromatic heterocycles. The predicted octanol–water partition coefficient (Wildman–Crippen LogP) is 1.54. The van der Waals surface area contributed by atoms with Gasteiger partial charge in [-0.25, -0.2) is 0 Å². The third-order valence-corrected chi connectivity index (χ3v) is 4.29. The Balaban J connectivity index is 1.36. The number of amides is 2. The van der Waals surface area contributed by atoms with E-state index in [1.165, 1.54) is 0 Å². The molecule has 0 radical (unpaired) electrons. The van der Waals surface area contributed by atoms with Crippen molar-refractivity contribution < 1.29 is 18.5 Å². The smallest absolute Gasteiger partial charge is 0.314 e. The molecule has 1 aliphatic heterocycles. The van der Waals surface area contributed by atoms with Gasteiger partial charge in [-0.1, -0.05) is 5.16 Å². The first-order valence-electron chi connectivity index (χ1n) is 8.37. The number of nitrogens with zero attached hydrogens (tertiary/aromatic N) is 2. The van der Waals surface area contributed by atoms with E-state index in [1.54, 1.807) is 19.3 Å². The summed E-state index contributed by atoms with van der Waals surface area (Å²) in [5.74, 6) is 0.758. The van der Waals surface area contributed by atoms with Crippen molar-refractivity contribution in [3.63, 3.8) is 0 Å². The number of anilines is 1. The van der Waals surface area contributed by atoms with Gasteiger partial charge in [0.25, 0.3) is 0 Å². The Hall–Kier alpha value is -2.61. The second-order valence-corrected chi connectivity index (χ2v) is 6.29. The number of hydrogen-bond acceptors (Lipinski definition) is 6. The van der Waals surface area contributed by atoms with Crippen LogP contribution < -0.4 is 10.6 Å². The van der Waals surface area contributed by atoms with Gasteiger partial charge < -0.3 is 14.3 Å². The minimum atomic E-state index is -0.733. The molecular formula is C17H22N4O4. The zero-order valence-corrected chi connectivity index (χ0v) is 14.2. The molecule has 25 heavy (non-hydrogen) atoms. The van der Waals surface area contributed by atoms with E-state index in [4.69, 9.17) is 8.94 Å². The van der Waals surface area contributed by atoms with Crippen LogP contribution in [0, 0.1) is 12.8 Å². The molecule has 0 spiro atoms. The summed E-state index contributed by atoms with van der Waals surface area (Å²) in [7, 11) is 0. The van der Waals surface area contributed by atoms with Crippen molar-refractivity contribution in [2.45, 2.75) is 26.3 Å². The minimum Gasteiger partial charge on any atom is -0.468 e. The summed E-state index contributed by atoms with van der Waals surface area (Å²) in [5.41, 5.74) is 0. The lowest BCUT2D eigenvalue weighted by Crippen LogP contribution is -2.41. The normalized spacial score (nSPS) is 15.9. The molecule has 3 rings (SSSR count). The van der Waals surface area contributed by atoms with Crippen LogP contribution >= 0.6 is 0 Å². The highest BCUT2D eigenvalue weighted by Crippen LogP contribution is 2.18. The number of likely N-dealkylation sites (tertiary alicyclic amines) is 1. The van der Waals surface area contributed by atoms with Gasteiger partial charge in [-0.05, 0) is 50.9 Å². The lowest BCUT2D eigenvalue weighted by atomic mass is 9.96. The van der Waals surface area contributed by atoms with E-state index in [2.05, 4.69) is 20.7 Å². The molecule has 1 saturated heterocycles. The molecule has 1 fully saturated rings. The highest BCUT2D eigenvalue weighted by atomic mass is 16.5. The van der Waals surface area contributed by atoms with Crippen LogP contribution in [0.2, 0.25) is 0 Å². The van der Waals surface area contributed by atoms with Crippen molar-refractivity contribution in [3.05, 3.63) is 36.0 Å². The molecule has 2 amide bonds. The molecule has 3 heterocycles. The van der Waals surface area contributed by atoms with Crippen LogP contribution in [-0.2, 0) is 16.1 Å². The third kappa shape index (κ3) is 4.93. The summed E-state index contributed by atoms with van der Waals surface area (Å²) in [6.45, 7) is 4.92. The maximum absolute atomic E-state index is 11.9. The van der Waals surface area contributed by atoms with Crippen molar-refractivity contribution in [2.24, 2.45) is 5.92 Å². The van der Waals surface area contributed by atoms with Crippen LogP contribution in [0.5, 0.6) is 0 Å². The van der Waals surface area contributed by atoms with E-state index in [0.717, 1.165) is 38.2 Å². The minimum absolute atomic E-state index is 0.240. The largest absolute Gasteiger partial charge is 0.468 e. The van der Waals surface area contributed by atoms with Gasteiger partial charge in [0.05, 0.1) is 12.8 Å². The van der Waals surface area contributed by atoms with E-state index in [-0.39, 0.29) is 5.82 Å². The molecular weight excluding hydrogens is 324 g/mol. The average molecular weight is 346 g/mol. The van der Waals surface area contributed by atoms with Crippen LogP contribution in [0.4, 0.5) is 5.82 Å². The molecule has 0 bridgehead atoms. The molecule has 8 heteroatoms. The summed E-state index contributed by atoms with van der Waals surface area (Å²) in [6.07, 6.45) is 3.64. The van der Waals surface area contributed by atoms with Gasteiger partial charge in [-0.15, -0.1) is 0 Å². The molecule has 0 unspecified atom stereocenters. The molecule has 2 aromatic rings. The molecule has 0 saturated carbocycles. The lowest BCUT2D eigenvalue weighted by Gasteiger charge is -2.31. The second-order valence-electron chi connectivity index (χ2n) is 6.29. The van der Waals surface area contributed by atoms with E-state index >= 15 is 0 Å². The number of carbonyl (C=O) groups excluding carboxylic acids is 2. The van der Waals surface area contributed by atoms with E-state index in [9.17, 15) is 9.59 Å². The third-order valence-electron chi connectivity index (χ3n) is 4.29. The van der Waals surface area contributed by atoms with Gasteiger partial charge in [0, 0.05) is 12.6 Å². The van der Waals surface area contributed by atoms with Crippen molar-refractivity contribution in [2.75, 3.05) is 25.0 Å². The van der Waals surface area contributed by atoms with Crippen molar-refractivity contribution in [3.8, 4) is 0 Å². The number of furan rings is 1. The Labute approximate surface area is 145 Å². The lowest BCUT2D eigenvalue weighted by molar-refractivity contribution is -0.136. The summed E-state index contributed by atoms with van der Waals surface area (Å²) in [6, 6.07) is 5.42. The number of piperidine rings is 1. The first-order chi connectivity index (χ1) is 12.1. The first-order valence-corrected chi connectivity index (χ1v) is 8.37. The maximum atomic E-state index is 11.9. The average Bonchev–Trinajstić information content (AvgIpc) is 3.25. The quantitative estimate of drug-likeness (QED) is 0.797. The number of aromatic nitrogens is 1. The zero-order valence-electron chi connectivity index (χ0n) is 14.2. The maximum Gasteiger partial charge on any atom is 0.314 e. The van der Waals surface area contributed by atoms with Crippen LogP contribution in [0.15, 0.2) is 33.4 Å². The van der Waals surface area contributed by atoms with E-state index in [1.807, 2.05) is 12.1 Å². The van der Waals surface area contributed by atoms with Gasteiger partial charge >= 0.3 is 11.8 Å². The molecule has 8 nitrogen and oxygen atoms in total. The molecule has 0 atom stereocenters. The number of hydrogen-bond donors (Lipinski definition) is 2. The van der Waals surface area contributed by atoms with Crippen LogP contribution in [0.3, 0.4) is 0 Å². The molecule has 0 aromatic carbocycles. The number of rotatable bonds is 5. The van der Waals surface area contributed by atoms with Crippen LogP contribution in [-0.4, -0.2) is 41.5 Å². The van der Waals surface area contributed by atoms with Gasteiger partial charge in [-0.3, -0.25) is 19.8 Å². The van der Waals surface area contributed by atoms with Crippen LogP contribution in [0.25, 0.3) is 0 Å². The van der Waals surface area contributed by atoms with Gasteiger partial charge in [0.1, 0.15) is 11.5 Å². The second kappa shape index (κ2) is 7.98. The Kier molecular flexibility index (Phi) is 5.49. The highest BCUT2D eigenvalue weighted by Gasteiger charge is 2.22. The number of nitrogens with one attached hydrogen (secondary N) is 2. The van der Waals surface area contributed by atoms with Gasteiger partial charge in [0.2, 0.25) is 0 Å². The summed E-state index contributed by atoms with van der Waals surface area (Å²) in [5, 5.41) is 8.73. The van der Waals surface area contributed by atoms with E-state index < -0.39 is 11.8 Å². The van der Waals surface area contributed by atoms with Gasteiger partial charge in [-0.2, -0.15) is 0 Å². The number of carbonyl (C=O) groups is 2. The Morgan fingerprint density at radius 3 is 2.76 bits per heavy atom. The SMILES string of the molecule is Cc1cc(NC(=O)C(=O)NCC2CCN(Cc3ccco3)CC2)no1. The van der Waals surface area contributed by atoms with Crippen molar-refractivity contribution >= 4 is 17.6 Å². The zero-order chi connectivity index (χ0) is 17.6. The van der Waals surface area contributed by atoms with Crippen molar-refractivity contribution in [1.29, 1.82) is 0 Å². The monoisotopic (exact) mass is 346 g/mol. The Morgan fingerprint density at radius 2 is 2.12 bits per heavy atom. The van der Waals surface area contributed by atoms with Gasteiger partial charge in [0.15, 0.2) is 5.82 Å². The highest BCUT2D eigenvalue weighted by molar-refractivity contribution is 6.39. The summed E-state index contributed by atoms with van der Waals surface area (Å²) < 4.78 is 10.2. The summed E-state index contributed by atoms with van der Waals surface area (Å²) >= 11 is 0. The van der Waals surface area contributed by atoms with Crippen LogP contribution in [0.1, 0.15) is 24.4 Å². The molecule has 134 valence electrons. The topological polar surface area (TPSA) is 101 Å². The Bertz CT molecular complexity index is 702. The summed E-state index contributed by atoms with van der Waals surface area (Å²) in [4.78, 5) is 26.0. The molecule has 2 N–H and O–H groups in total. The first kappa shape index (κ1) is 17.2. The standard InChI is InChI=1S/C17H22N4O4/c1-12-9-15(20-25-12)19-17(23)16(22)18-10-13-4-6-21(7-5-13)11-14-3-2-8-24-14/h2-3,8-9,13H,4-7,10-11H2,1H3,(H,18,22)(H,19,20,23). The molecule has 0 aliphatic carbocycles. The molecule has 1 aliphatic rings.